The minimum atomic E-state index is 0.127. The van der Waals surface area contributed by atoms with Gasteiger partial charge < -0.3 is 19.8 Å². The predicted molar refractivity (Wildman–Crippen MR) is 84.9 cm³/mol. The predicted octanol–water partition coefficient (Wildman–Crippen LogP) is 3.35. The molecule has 0 aliphatic heterocycles. The zero-order valence-electron chi connectivity index (χ0n) is 13.0. The topological polar surface area (TPSA) is 49.4 Å². The zero-order valence-corrected chi connectivity index (χ0v) is 13.0. The van der Waals surface area contributed by atoms with Gasteiger partial charge in [-0.1, -0.05) is 19.4 Å². The molecular weight excluding hydrogens is 264 g/mol. The first-order valence-electron chi connectivity index (χ1n) is 7.30. The van der Waals surface area contributed by atoms with Crippen LogP contribution in [0.15, 0.2) is 36.7 Å². The average molecular weight is 288 g/mol. The highest BCUT2D eigenvalue weighted by Gasteiger charge is 2.08. The van der Waals surface area contributed by atoms with E-state index in [1.54, 1.807) is 14.2 Å². The molecule has 0 bridgehead atoms. The third-order valence-electron chi connectivity index (χ3n) is 3.61. The third kappa shape index (κ3) is 3.79. The number of methoxy groups -OCH3 is 2. The van der Waals surface area contributed by atoms with E-state index in [0.29, 0.717) is 0 Å². The normalized spacial score (nSPS) is 12.2. The molecule has 0 spiro atoms. The van der Waals surface area contributed by atoms with Crippen LogP contribution in [-0.2, 0) is 6.54 Å². The van der Waals surface area contributed by atoms with Gasteiger partial charge >= 0.3 is 0 Å². The lowest BCUT2D eigenvalue weighted by molar-refractivity contribution is 0.354. The maximum absolute atomic E-state index is 6.15. The van der Waals surface area contributed by atoms with Crippen LogP contribution in [-0.4, -0.2) is 18.8 Å². The molecule has 114 valence electrons. The second-order valence-corrected chi connectivity index (χ2v) is 5.20. The molecule has 0 radical (unpaired) electrons. The first-order chi connectivity index (χ1) is 10.2. The van der Waals surface area contributed by atoms with Crippen molar-refractivity contribution in [1.82, 2.24) is 4.57 Å². The average Bonchev–Trinajstić information content (AvgIpc) is 2.96. The molecule has 2 aromatic rings. The number of rotatable bonds is 7. The van der Waals surface area contributed by atoms with E-state index >= 15 is 0 Å². The maximum Gasteiger partial charge on any atom is 0.161 e. The Labute approximate surface area is 126 Å². The Kier molecular flexibility index (Phi) is 5.28. The molecule has 0 fully saturated rings. The van der Waals surface area contributed by atoms with Crippen LogP contribution in [0.5, 0.6) is 11.5 Å². The van der Waals surface area contributed by atoms with Crippen LogP contribution < -0.4 is 15.2 Å². The highest BCUT2D eigenvalue weighted by Crippen LogP contribution is 2.28. The summed E-state index contributed by atoms with van der Waals surface area (Å²) in [6, 6.07) is 8.21. The highest BCUT2D eigenvalue weighted by atomic mass is 16.5. The SMILES string of the molecule is CCCC(N)c1ccn(Cc2ccc(OC)c(OC)c2)c1. The number of nitrogens with zero attached hydrogens (tertiary/aromatic N) is 1. The summed E-state index contributed by atoms with van der Waals surface area (Å²) in [5, 5.41) is 0. The fourth-order valence-corrected chi connectivity index (χ4v) is 2.44. The number of nitrogens with two attached hydrogens (primary N) is 1. The smallest absolute Gasteiger partial charge is 0.161 e. The van der Waals surface area contributed by atoms with Crippen molar-refractivity contribution in [2.45, 2.75) is 32.4 Å². The molecule has 0 saturated heterocycles. The van der Waals surface area contributed by atoms with Gasteiger partial charge in [0.05, 0.1) is 14.2 Å². The van der Waals surface area contributed by atoms with E-state index in [-0.39, 0.29) is 6.04 Å². The summed E-state index contributed by atoms with van der Waals surface area (Å²) in [4.78, 5) is 0. The van der Waals surface area contributed by atoms with Gasteiger partial charge in [-0.15, -0.1) is 0 Å². The van der Waals surface area contributed by atoms with Crippen LogP contribution >= 0.6 is 0 Å². The summed E-state index contributed by atoms with van der Waals surface area (Å²) in [5.41, 5.74) is 8.50. The molecule has 1 aromatic carbocycles. The molecule has 1 heterocycles. The maximum atomic E-state index is 6.15. The number of hydrogen-bond acceptors (Lipinski definition) is 3. The van der Waals surface area contributed by atoms with Crippen LogP contribution in [0.4, 0.5) is 0 Å². The van der Waals surface area contributed by atoms with E-state index in [1.807, 2.05) is 18.2 Å². The van der Waals surface area contributed by atoms with Crippen LogP contribution in [0.3, 0.4) is 0 Å². The Hall–Kier alpha value is -1.94. The molecule has 4 nitrogen and oxygen atoms in total. The Morgan fingerprint density at radius 3 is 2.57 bits per heavy atom. The van der Waals surface area contributed by atoms with Crippen molar-refractivity contribution in [3.63, 3.8) is 0 Å². The number of benzene rings is 1. The van der Waals surface area contributed by atoms with Gasteiger partial charge in [-0.3, -0.25) is 0 Å². The molecule has 21 heavy (non-hydrogen) atoms. The van der Waals surface area contributed by atoms with Crippen molar-refractivity contribution < 1.29 is 9.47 Å². The fourth-order valence-electron chi connectivity index (χ4n) is 2.44. The van der Waals surface area contributed by atoms with Gasteiger partial charge in [-0.05, 0) is 35.7 Å². The number of hydrogen-bond donors (Lipinski definition) is 1. The Balaban J connectivity index is 2.11. The van der Waals surface area contributed by atoms with Crippen molar-refractivity contribution in [1.29, 1.82) is 0 Å². The van der Waals surface area contributed by atoms with Crippen LogP contribution in [0, 0.1) is 0 Å². The molecule has 1 unspecified atom stereocenters. The highest BCUT2D eigenvalue weighted by molar-refractivity contribution is 5.43. The lowest BCUT2D eigenvalue weighted by Gasteiger charge is -2.10. The summed E-state index contributed by atoms with van der Waals surface area (Å²) < 4.78 is 12.7. The van der Waals surface area contributed by atoms with E-state index in [2.05, 4.69) is 30.0 Å². The van der Waals surface area contributed by atoms with Gasteiger partial charge in [0.15, 0.2) is 11.5 Å². The standard InChI is InChI=1S/C17H24N2O2/c1-4-5-15(18)14-8-9-19(12-14)11-13-6-7-16(20-2)17(10-13)21-3/h6-10,12,15H,4-5,11,18H2,1-3H3. The van der Waals surface area contributed by atoms with Gasteiger partial charge in [-0.2, -0.15) is 0 Å². The van der Waals surface area contributed by atoms with E-state index in [9.17, 15) is 0 Å². The summed E-state index contributed by atoms with van der Waals surface area (Å²) in [5.74, 6) is 1.50. The molecule has 0 amide bonds. The van der Waals surface area contributed by atoms with Gasteiger partial charge in [0.1, 0.15) is 0 Å². The second kappa shape index (κ2) is 7.18. The van der Waals surface area contributed by atoms with Crippen molar-refractivity contribution in [2.75, 3.05) is 14.2 Å². The quantitative estimate of drug-likeness (QED) is 0.850. The van der Waals surface area contributed by atoms with E-state index < -0.39 is 0 Å². The number of ether oxygens (including phenoxy) is 2. The molecule has 2 rings (SSSR count). The molecular formula is C17H24N2O2. The monoisotopic (exact) mass is 288 g/mol. The largest absolute Gasteiger partial charge is 0.493 e. The molecule has 0 aliphatic carbocycles. The first kappa shape index (κ1) is 15.4. The fraction of sp³-hybridized carbons (Fsp3) is 0.412. The van der Waals surface area contributed by atoms with E-state index in [4.69, 9.17) is 15.2 Å². The molecule has 0 aliphatic rings. The van der Waals surface area contributed by atoms with E-state index in [1.165, 1.54) is 11.1 Å². The van der Waals surface area contributed by atoms with Gasteiger partial charge in [0.2, 0.25) is 0 Å². The molecule has 0 saturated carbocycles. The molecule has 4 heteroatoms. The van der Waals surface area contributed by atoms with Crippen LogP contribution in [0.1, 0.15) is 36.9 Å². The second-order valence-electron chi connectivity index (χ2n) is 5.20. The third-order valence-corrected chi connectivity index (χ3v) is 3.61. The van der Waals surface area contributed by atoms with Crippen LogP contribution in [0.2, 0.25) is 0 Å². The van der Waals surface area contributed by atoms with E-state index in [0.717, 1.165) is 30.9 Å². The molecule has 1 aromatic heterocycles. The Bertz CT molecular complexity index is 578. The summed E-state index contributed by atoms with van der Waals surface area (Å²) in [6.45, 7) is 2.94. The Morgan fingerprint density at radius 2 is 1.90 bits per heavy atom. The number of aromatic nitrogens is 1. The van der Waals surface area contributed by atoms with Crippen LogP contribution in [0.25, 0.3) is 0 Å². The van der Waals surface area contributed by atoms with Crippen molar-refractivity contribution in [3.8, 4) is 11.5 Å². The first-order valence-corrected chi connectivity index (χ1v) is 7.30. The van der Waals surface area contributed by atoms with Gasteiger partial charge in [-0.25, -0.2) is 0 Å². The minimum Gasteiger partial charge on any atom is -0.493 e. The summed E-state index contributed by atoms with van der Waals surface area (Å²) in [7, 11) is 3.30. The zero-order chi connectivity index (χ0) is 15.2. The summed E-state index contributed by atoms with van der Waals surface area (Å²) >= 11 is 0. The summed E-state index contributed by atoms with van der Waals surface area (Å²) in [6.07, 6.45) is 6.31. The van der Waals surface area contributed by atoms with Crippen molar-refractivity contribution in [2.24, 2.45) is 5.73 Å². The van der Waals surface area contributed by atoms with Crippen molar-refractivity contribution >= 4 is 0 Å². The molecule has 1 atom stereocenters. The van der Waals surface area contributed by atoms with Crippen molar-refractivity contribution in [3.05, 3.63) is 47.8 Å². The van der Waals surface area contributed by atoms with Gasteiger partial charge in [0.25, 0.3) is 0 Å². The molecule has 2 N–H and O–H groups in total. The van der Waals surface area contributed by atoms with Gasteiger partial charge in [0, 0.05) is 25.0 Å². The lowest BCUT2D eigenvalue weighted by Crippen LogP contribution is -2.08. The Morgan fingerprint density at radius 1 is 1.14 bits per heavy atom. The lowest BCUT2D eigenvalue weighted by atomic mass is 10.1. The minimum absolute atomic E-state index is 0.127.